The third kappa shape index (κ3) is 7.34. The summed E-state index contributed by atoms with van der Waals surface area (Å²) in [5, 5.41) is 2.24. The third-order valence-corrected chi connectivity index (χ3v) is 5.11. The van der Waals surface area contributed by atoms with Crippen LogP contribution in [0.25, 0.3) is 0 Å². The molecule has 4 nitrogen and oxygen atoms in total. The number of ether oxygens (including phenoxy) is 1. The summed E-state index contributed by atoms with van der Waals surface area (Å²) in [5.74, 6) is -1.33. The molecule has 2 aromatic rings. The van der Waals surface area contributed by atoms with Crippen LogP contribution in [0.2, 0.25) is 0 Å². The lowest BCUT2D eigenvalue weighted by atomic mass is 9.98. The first kappa shape index (κ1) is 24.8. The first-order chi connectivity index (χ1) is 15.4. The maximum Gasteiger partial charge on any atom is 0.416 e. The Morgan fingerprint density at radius 2 is 1.79 bits per heavy atom. The van der Waals surface area contributed by atoms with Gasteiger partial charge in [0, 0.05) is 37.8 Å². The molecule has 1 saturated heterocycles. The number of nitrogens with zero attached hydrogens (tertiary/aromatic N) is 1. The number of nitrogens with one attached hydrogen (secondary N) is 1. The Labute approximate surface area is 185 Å². The summed E-state index contributed by atoms with van der Waals surface area (Å²) in [4.78, 5) is 13.6. The molecule has 0 bridgehead atoms. The van der Waals surface area contributed by atoms with Gasteiger partial charge in [-0.2, -0.15) is 26.3 Å². The first-order valence-corrected chi connectivity index (χ1v) is 10.0. The molecule has 0 aromatic heterocycles. The van der Waals surface area contributed by atoms with Crippen molar-refractivity contribution in [1.29, 1.82) is 0 Å². The largest absolute Gasteiger partial charge is 0.489 e. The number of benzene rings is 2. The van der Waals surface area contributed by atoms with Crippen LogP contribution in [0.4, 0.5) is 30.7 Å². The Kier molecular flexibility index (Phi) is 7.51. The molecule has 11 heteroatoms. The van der Waals surface area contributed by atoms with Gasteiger partial charge in [0.1, 0.15) is 18.2 Å². The molecule has 0 atom stereocenters. The van der Waals surface area contributed by atoms with Crippen molar-refractivity contribution < 1.29 is 40.3 Å². The minimum Gasteiger partial charge on any atom is -0.489 e. The van der Waals surface area contributed by atoms with Crippen molar-refractivity contribution in [3.63, 3.8) is 0 Å². The molecular formula is C22H21F7N2O2. The molecule has 0 aliphatic carbocycles. The number of rotatable bonds is 8. The van der Waals surface area contributed by atoms with Crippen LogP contribution >= 0.6 is 0 Å². The van der Waals surface area contributed by atoms with Crippen LogP contribution in [0.15, 0.2) is 42.5 Å². The number of amides is 1. The topological polar surface area (TPSA) is 41.6 Å². The Hall–Kier alpha value is -2.82. The van der Waals surface area contributed by atoms with Crippen LogP contribution in [0, 0.1) is 11.7 Å². The minimum absolute atomic E-state index is 0.152. The van der Waals surface area contributed by atoms with Crippen LogP contribution in [0.5, 0.6) is 5.75 Å². The normalized spacial score (nSPS) is 15.2. The summed E-state index contributed by atoms with van der Waals surface area (Å²) < 4.78 is 94.5. The van der Waals surface area contributed by atoms with E-state index in [9.17, 15) is 35.5 Å². The monoisotopic (exact) mass is 478 g/mol. The van der Waals surface area contributed by atoms with Gasteiger partial charge in [-0.05, 0) is 23.8 Å². The highest BCUT2D eigenvalue weighted by molar-refractivity contribution is 5.80. The lowest BCUT2D eigenvalue weighted by Crippen LogP contribution is -2.53. The Bertz CT molecular complexity index is 970. The van der Waals surface area contributed by atoms with Gasteiger partial charge in [-0.3, -0.25) is 9.69 Å². The summed E-state index contributed by atoms with van der Waals surface area (Å²) >= 11 is 0. The summed E-state index contributed by atoms with van der Waals surface area (Å²) in [7, 11) is 0. The zero-order valence-electron chi connectivity index (χ0n) is 17.3. The molecule has 1 aliphatic rings. The standard InChI is InChI=1S/C22H21F7N2O2/c23-19-9-18(33-13-14-2-1-3-17(8-14)22(27,28)29)5-4-15(19)10-31-11-16(12-31)20(32)30-7-6-21(24,25)26/h1-5,8-9,16H,6-7,10-13H2,(H,30,32). The number of carbonyl (C=O) groups is 1. The van der Waals surface area contributed by atoms with E-state index in [1.807, 2.05) is 0 Å². The zero-order valence-corrected chi connectivity index (χ0v) is 17.3. The molecule has 1 aliphatic heterocycles. The van der Waals surface area contributed by atoms with Crippen LogP contribution in [0.3, 0.4) is 0 Å². The second-order valence-electron chi connectivity index (χ2n) is 7.79. The van der Waals surface area contributed by atoms with Crippen LogP contribution in [-0.2, 0) is 24.1 Å². The predicted octanol–water partition coefficient (Wildman–Crippen LogP) is 4.92. The fourth-order valence-corrected chi connectivity index (χ4v) is 3.33. The number of likely N-dealkylation sites (tertiary alicyclic amines) is 1. The number of hydrogen-bond acceptors (Lipinski definition) is 3. The zero-order chi connectivity index (χ0) is 24.2. The van der Waals surface area contributed by atoms with Gasteiger partial charge in [0.2, 0.25) is 5.91 Å². The van der Waals surface area contributed by atoms with E-state index >= 15 is 0 Å². The second kappa shape index (κ2) is 9.98. The van der Waals surface area contributed by atoms with Gasteiger partial charge in [-0.15, -0.1) is 0 Å². The molecule has 1 amide bonds. The van der Waals surface area contributed by atoms with E-state index in [1.165, 1.54) is 24.3 Å². The van der Waals surface area contributed by atoms with Crippen LogP contribution in [0.1, 0.15) is 23.1 Å². The van der Waals surface area contributed by atoms with E-state index in [0.29, 0.717) is 18.7 Å². The molecule has 0 radical (unpaired) electrons. The lowest BCUT2D eigenvalue weighted by Gasteiger charge is -2.38. The molecule has 1 fully saturated rings. The van der Waals surface area contributed by atoms with Gasteiger partial charge >= 0.3 is 12.4 Å². The maximum absolute atomic E-state index is 14.4. The highest BCUT2D eigenvalue weighted by Crippen LogP contribution is 2.30. The first-order valence-electron chi connectivity index (χ1n) is 10.0. The quantitative estimate of drug-likeness (QED) is 0.548. The van der Waals surface area contributed by atoms with Gasteiger partial charge in [0.05, 0.1) is 17.9 Å². The molecule has 1 N–H and O–H groups in total. The number of alkyl halides is 6. The number of hydrogen-bond donors (Lipinski definition) is 1. The average Bonchev–Trinajstić information content (AvgIpc) is 2.68. The Morgan fingerprint density at radius 3 is 2.42 bits per heavy atom. The highest BCUT2D eigenvalue weighted by atomic mass is 19.4. The van der Waals surface area contributed by atoms with Gasteiger partial charge in [-0.1, -0.05) is 18.2 Å². The summed E-state index contributed by atoms with van der Waals surface area (Å²) in [6.07, 6.45) is -9.90. The van der Waals surface area contributed by atoms with E-state index in [2.05, 4.69) is 5.32 Å². The third-order valence-electron chi connectivity index (χ3n) is 5.11. The molecular weight excluding hydrogens is 457 g/mol. The van der Waals surface area contributed by atoms with Crippen molar-refractivity contribution in [3.8, 4) is 5.75 Å². The molecule has 3 rings (SSSR count). The number of carbonyl (C=O) groups excluding carboxylic acids is 1. The van der Waals surface area contributed by atoms with Gasteiger partial charge in [-0.25, -0.2) is 4.39 Å². The highest BCUT2D eigenvalue weighted by Gasteiger charge is 2.34. The molecule has 33 heavy (non-hydrogen) atoms. The van der Waals surface area contributed by atoms with Crippen molar-refractivity contribution >= 4 is 5.91 Å². The number of halogens is 7. The van der Waals surface area contributed by atoms with Crippen LogP contribution in [-0.4, -0.2) is 36.6 Å². The Balaban J connectivity index is 1.46. The van der Waals surface area contributed by atoms with E-state index in [4.69, 9.17) is 4.74 Å². The van der Waals surface area contributed by atoms with E-state index < -0.39 is 48.5 Å². The van der Waals surface area contributed by atoms with Crippen LogP contribution < -0.4 is 10.1 Å². The minimum atomic E-state index is -4.47. The molecule has 1 heterocycles. The Morgan fingerprint density at radius 1 is 1.06 bits per heavy atom. The molecule has 2 aromatic carbocycles. The van der Waals surface area contributed by atoms with Crippen molar-refractivity contribution in [1.82, 2.24) is 10.2 Å². The molecule has 180 valence electrons. The van der Waals surface area contributed by atoms with E-state index in [0.717, 1.165) is 18.2 Å². The van der Waals surface area contributed by atoms with Gasteiger partial charge in [0.25, 0.3) is 0 Å². The smallest absolute Gasteiger partial charge is 0.416 e. The van der Waals surface area contributed by atoms with E-state index in [1.54, 1.807) is 4.90 Å². The SMILES string of the molecule is O=C(NCCC(F)(F)F)C1CN(Cc2ccc(OCc3cccc(C(F)(F)F)c3)cc2F)C1. The van der Waals surface area contributed by atoms with Crippen molar-refractivity contribution in [3.05, 3.63) is 65.0 Å². The van der Waals surface area contributed by atoms with Crippen molar-refractivity contribution in [2.45, 2.75) is 31.9 Å². The van der Waals surface area contributed by atoms with Crippen molar-refractivity contribution in [2.24, 2.45) is 5.92 Å². The fourth-order valence-electron chi connectivity index (χ4n) is 3.33. The molecule has 0 saturated carbocycles. The van der Waals surface area contributed by atoms with Crippen molar-refractivity contribution in [2.75, 3.05) is 19.6 Å². The van der Waals surface area contributed by atoms with Gasteiger partial charge in [0.15, 0.2) is 0 Å². The summed E-state index contributed by atoms with van der Waals surface area (Å²) in [5.41, 5.74) is -0.182. The second-order valence-corrected chi connectivity index (χ2v) is 7.79. The molecule has 0 spiro atoms. The lowest BCUT2D eigenvalue weighted by molar-refractivity contribution is -0.139. The summed E-state index contributed by atoms with van der Waals surface area (Å²) in [6, 6.07) is 8.75. The predicted molar refractivity (Wildman–Crippen MR) is 105 cm³/mol. The van der Waals surface area contributed by atoms with Gasteiger partial charge < -0.3 is 10.1 Å². The average molecular weight is 478 g/mol. The maximum atomic E-state index is 14.4. The molecule has 0 unspecified atom stereocenters. The summed E-state index contributed by atoms with van der Waals surface area (Å²) in [6.45, 7) is 0.150. The fraction of sp³-hybridized carbons (Fsp3) is 0.409. The van der Waals surface area contributed by atoms with E-state index in [-0.39, 0.29) is 24.5 Å².